The van der Waals surface area contributed by atoms with E-state index in [4.69, 9.17) is 4.74 Å². The van der Waals surface area contributed by atoms with Crippen molar-refractivity contribution in [3.8, 4) is 0 Å². The van der Waals surface area contributed by atoms with E-state index in [2.05, 4.69) is 52.2 Å². The number of hydrogen-bond donors (Lipinski definition) is 3. The van der Waals surface area contributed by atoms with Gasteiger partial charge < -0.3 is 20.5 Å². The van der Waals surface area contributed by atoms with Gasteiger partial charge in [0.1, 0.15) is 11.6 Å². The fourth-order valence-corrected chi connectivity index (χ4v) is 14.7. The fourth-order valence-electron chi connectivity index (χ4n) is 14.7. The zero-order valence-corrected chi connectivity index (χ0v) is 36.2. The summed E-state index contributed by atoms with van der Waals surface area (Å²) in [5.41, 5.74) is -0.285. The monoisotopic (exact) mass is 777 g/mol. The molecule has 6 saturated carbocycles. The fraction of sp³-hybridized carbons (Fsp3) is 0.851. The summed E-state index contributed by atoms with van der Waals surface area (Å²) in [4.78, 5) is 67.1. The highest BCUT2D eigenvalue weighted by atomic mass is 16.5. The summed E-state index contributed by atoms with van der Waals surface area (Å²) in [5.74, 6) is -0.739. The number of carbonyl (C=O) groups is 5. The number of carboxylic acids is 1. The highest BCUT2D eigenvalue weighted by molar-refractivity contribution is 6.03. The Morgan fingerprint density at radius 3 is 2.14 bits per heavy atom. The average molecular weight is 777 g/mol. The first-order valence-corrected chi connectivity index (χ1v) is 22.4. The standard InChI is InChI=1S/C47H72N2O7/c1-26(2)36-33(50)25-47(49-41(55)43(6,7)48-38(51)28-14-12-11-13-15-28)23-22-45(9)30(37(36)47)16-17-35-44(8)20-19-34(27(3)29(44)18-21-46(35,45)10)56-40(54)32-24-31(39(52)53)42(32,4)5/h26-32,34-35H,11-25H2,1-10H3,(H,48,51)(H,49,55)(H,52,53)/t27-,29?,30-,31+,32-,34+,35?,44+,45-,46-,47-/m1/s1. The molecule has 0 saturated heterocycles. The molecule has 0 spiro atoms. The van der Waals surface area contributed by atoms with Crippen molar-refractivity contribution < 1.29 is 33.8 Å². The van der Waals surface area contributed by atoms with Crippen LogP contribution in [0.4, 0.5) is 0 Å². The minimum Gasteiger partial charge on any atom is -0.481 e. The summed E-state index contributed by atoms with van der Waals surface area (Å²) in [6, 6.07) is 0. The van der Waals surface area contributed by atoms with Crippen LogP contribution in [0.15, 0.2) is 11.1 Å². The van der Waals surface area contributed by atoms with Crippen LogP contribution >= 0.6 is 0 Å². The second kappa shape index (κ2) is 14.0. The molecule has 312 valence electrons. The summed E-state index contributed by atoms with van der Waals surface area (Å²) in [7, 11) is 0. The Labute approximate surface area is 336 Å². The second-order valence-corrected chi connectivity index (χ2v) is 22.1. The molecule has 2 amide bonds. The van der Waals surface area contributed by atoms with Crippen LogP contribution in [0.3, 0.4) is 0 Å². The van der Waals surface area contributed by atoms with E-state index in [0.29, 0.717) is 31.1 Å². The lowest BCUT2D eigenvalue weighted by atomic mass is 9.34. The molecule has 0 aliphatic heterocycles. The van der Waals surface area contributed by atoms with Crippen LogP contribution in [0.2, 0.25) is 0 Å². The maximum atomic E-state index is 14.3. The molecule has 0 aromatic carbocycles. The maximum absolute atomic E-state index is 14.3. The van der Waals surface area contributed by atoms with E-state index in [0.717, 1.165) is 82.6 Å². The largest absolute Gasteiger partial charge is 0.481 e. The molecule has 2 unspecified atom stereocenters. The summed E-state index contributed by atoms with van der Waals surface area (Å²) in [6.07, 6.45) is 13.1. The summed E-state index contributed by atoms with van der Waals surface area (Å²) in [6.45, 7) is 21.5. The maximum Gasteiger partial charge on any atom is 0.309 e. The zero-order valence-electron chi connectivity index (χ0n) is 36.2. The Hall–Kier alpha value is -2.71. The molecule has 56 heavy (non-hydrogen) atoms. The molecule has 11 atom stereocenters. The number of fused-ring (bicyclic) bond motifs is 7. The molecule has 0 aromatic heterocycles. The number of ether oxygens (including phenoxy) is 1. The van der Waals surface area contributed by atoms with Crippen molar-refractivity contribution in [3.63, 3.8) is 0 Å². The molecular weight excluding hydrogens is 705 g/mol. The summed E-state index contributed by atoms with van der Waals surface area (Å²) < 4.78 is 6.31. The number of allylic oxidation sites excluding steroid dienone is 1. The third-order valence-corrected chi connectivity index (χ3v) is 18.4. The number of carboxylic acid groups (broad SMARTS) is 1. The van der Waals surface area contributed by atoms with E-state index in [1.165, 1.54) is 5.57 Å². The van der Waals surface area contributed by atoms with Gasteiger partial charge in [0.05, 0.1) is 17.4 Å². The molecular formula is C47H72N2O7. The Kier molecular flexibility index (Phi) is 10.3. The minimum absolute atomic E-state index is 0.0241. The quantitative estimate of drug-likeness (QED) is 0.210. The van der Waals surface area contributed by atoms with Gasteiger partial charge in [-0.15, -0.1) is 0 Å². The highest BCUT2D eigenvalue weighted by Crippen LogP contribution is 2.75. The molecule has 7 aliphatic rings. The lowest BCUT2D eigenvalue weighted by Gasteiger charge is -2.71. The SMILES string of the molecule is CC(C)C1=C2[C@H]3CCC4[C@@]5(C)CC[C@H](OC(=O)[C@H]6C[C@@H](C(=O)O)C6(C)C)[C@H](C)C5CC[C@@]4(C)[C@]3(C)CC[C@@]2(NC(=O)C(C)(C)NC(=O)C2CCCCC2)CC1=O. The third kappa shape index (κ3) is 6.15. The number of hydrogen-bond acceptors (Lipinski definition) is 6. The van der Waals surface area contributed by atoms with E-state index in [-0.39, 0.29) is 75.5 Å². The van der Waals surface area contributed by atoms with Crippen LogP contribution < -0.4 is 10.6 Å². The number of carbonyl (C=O) groups excluding carboxylic acids is 4. The Morgan fingerprint density at radius 2 is 1.52 bits per heavy atom. The number of aliphatic carboxylic acids is 1. The topological polar surface area (TPSA) is 139 Å². The van der Waals surface area contributed by atoms with Crippen LogP contribution in [0.1, 0.15) is 166 Å². The van der Waals surface area contributed by atoms with Crippen molar-refractivity contribution in [2.24, 2.45) is 69.0 Å². The van der Waals surface area contributed by atoms with Crippen molar-refractivity contribution in [2.75, 3.05) is 0 Å². The first kappa shape index (κ1) is 41.4. The molecule has 0 aromatic rings. The Morgan fingerprint density at radius 1 is 0.839 bits per heavy atom. The van der Waals surface area contributed by atoms with Gasteiger partial charge >= 0.3 is 11.9 Å². The van der Waals surface area contributed by atoms with Gasteiger partial charge in [-0.2, -0.15) is 0 Å². The van der Waals surface area contributed by atoms with Crippen LogP contribution in [-0.4, -0.2) is 51.8 Å². The average Bonchev–Trinajstić information content (AvgIpc) is 3.41. The van der Waals surface area contributed by atoms with Crippen molar-refractivity contribution in [1.29, 1.82) is 0 Å². The summed E-state index contributed by atoms with van der Waals surface area (Å²) >= 11 is 0. The van der Waals surface area contributed by atoms with Gasteiger partial charge in [-0.1, -0.05) is 74.7 Å². The molecule has 9 heteroatoms. The van der Waals surface area contributed by atoms with Crippen LogP contribution in [-0.2, 0) is 28.7 Å². The first-order chi connectivity index (χ1) is 26.0. The molecule has 0 bridgehead atoms. The van der Waals surface area contributed by atoms with E-state index < -0.39 is 28.4 Å². The Bertz CT molecular complexity index is 1690. The van der Waals surface area contributed by atoms with Gasteiger partial charge in [-0.3, -0.25) is 24.0 Å². The highest BCUT2D eigenvalue weighted by Gasteiger charge is 2.69. The number of esters is 1. The van der Waals surface area contributed by atoms with E-state index in [1.54, 1.807) is 13.8 Å². The van der Waals surface area contributed by atoms with Crippen molar-refractivity contribution in [3.05, 3.63) is 11.1 Å². The van der Waals surface area contributed by atoms with Gasteiger partial charge in [0, 0.05) is 12.3 Å². The van der Waals surface area contributed by atoms with Gasteiger partial charge in [0.2, 0.25) is 11.8 Å². The van der Waals surface area contributed by atoms with E-state index in [1.807, 2.05) is 13.8 Å². The third-order valence-electron chi connectivity index (χ3n) is 18.4. The van der Waals surface area contributed by atoms with Gasteiger partial charge in [0.15, 0.2) is 5.78 Å². The number of rotatable bonds is 8. The molecule has 7 rings (SSSR count). The van der Waals surface area contributed by atoms with E-state index in [9.17, 15) is 29.1 Å². The number of nitrogens with one attached hydrogen (secondary N) is 2. The van der Waals surface area contributed by atoms with Crippen molar-refractivity contribution in [1.82, 2.24) is 10.6 Å². The van der Waals surface area contributed by atoms with Gasteiger partial charge in [0.25, 0.3) is 0 Å². The van der Waals surface area contributed by atoms with Crippen LogP contribution in [0.5, 0.6) is 0 Å². The minimum atomic E-state index is -1.10. The van der Waals surface area contributed by atoms with Crippen LogP contribution in [0.25, 0.3) is 0 Å². The van der Waals surface area contributed by atoms with Crippen LogP contribution in [0, 0.1) is 69.0 Å². The van der Waals surface area contributed by atoms with Crippen molar-refractivity contribution >= 4 is 29.5 Å². The lowest BCUT2D eigenvalue weighted by molar-refractivity contribution is -0.217. The molecule has 3 N–H and O–H groups in total. The second-order valence-electron chi connectivity index (χ2n) is 22.1. The summed E-state index contributed by atoms with van der Waals surface area (Å²) in [5, 5.41) is 16.2. The Balaban J connectivity index is 1.11. The molecule has 0 radical (unpaired) electrons. The molecule has 6 fully saturated rings. The molecule has 7 aliphatic carbocycles. The zero-order chi connectivity index (χ0) is 41.0. The lowest BCUT2D eigenvalue weighted by Crippen LogP contribution is -2.67. The number of ketones is 1. The molecule has 9 nitrogen and oxygen atoms in total. The predicted octanol–water partition coefficient (Wildman–Crippen LogP) is 8.58. The normalized spacial score (nSPS) is 42.1. The van der Waals surface area contributed by atoms with Crippen molar-refractivity contribution in [2.45, 2.75) is 183 Å². The number of amides is 2. The molecule has 0 heterocycles. The number of Topliss-reactive ketones (excluding diaryl/α,β-unsaturated/α-hetero) is 1. The first-order valence-electron chi connectivity index (χ1n) is 22.4. The van der Waals surface area contributed by atoms with Gasteiger partial charge in [-0.25, -0.2) is 0 Å². The smallest absolute Gasteiger partial charge is 0.309 e. The van der Waals surface area contributed by atoms with Gasteiger partial charge in [-0.05, 0) is 147 Å². The van der Waals surface area contributed by atoms with E-state index >= 15 is 0 Å². The predicted molar refractivity (Wildman–Crippen MR) is 215 cm³/mol.